The van der Waals surface area contributed by atoms with E-state index in [9.17, 15) is 4.79 Å². The highest BCUT2D eigenvalue weighted by Gasteiger charge is 1.95. The number of aryl methyl sites for hydroxylation is 1. The molecule has 0 aromatic heterocycles. The summed E-state index contributed by atoms with van der Waals surface area (Å²) in [7, 11) is 0. The lowest BCUT2D eigenvalue weighted by Crippen LogP contribution is -1.86. The molecule has 0 aliphatic rings. The third kappa shape index (κ3) is 2.71. The first kappa shape index (κ1) is 10.0. The molecule has 2 heteroatoms. The van der Waals surface area contributed by atoms with E-state index in [1.165, 1.54) is 0 Å². The number of rotatable bonds is 3. The minimum absolute atomic E-state index is 0.508. The summed E-state index contributed by atoms with van der Waals surface area (Å²) >= 11 is 5.51. The fraction of sp³-hybridized carbons (Fsp3) is 0.182. The molecule has 68 valence electrons. The van der Waals surface area contributed by atoms with Crippen LogP contribution in [0.2, 0.25) is 0 Å². The van der Waals surface area contributed by atoms with Crippen molar-refractivity contribution in [2.45, 2.75) is 6.92 Å². The molecule has 0 radical (unpaired) electrons. The Hall–Kier alpha value is -1.08. The Labute approximate surface area is 83.0 Å². The monoisotopic (exact) mass is 194 g/mol. The Morgan fingerprint density at radius 2 is 2.23 bits per heavy atom. The van der Waals surface area contributed by atoms with Gasteiger partial charge in [0.05, 0.1) is 0 Å². The Bertz CT molecular complexity index is 329. The predicted molar refractivity (Wildman–Crippen MR) is 56.3 cm³/mol. The van der Waals surface area contributed by atoms with Gasteiger partial charge in [-0.3, -0.25) is 4.79 Å². The fourth-order valence-corrected chi connectivity index (χ4v) is 1.20. The van der Waals surface area contributed by atoms with E-state index in [4.69, 9.17) is 11.6 Å². The molecule has 0 amide bonds. The van der Waals surface area contributed by atoms with Crippen LogP contribution in [0.1, 0.15) is 21.5 Å². The Kier molecular flexibility index (Phi) is 3.71. The lowest BCUT2D eigenvalue weighted by atomic mass is 10.1. The summed E-state index contributed by atoms with van der Waals surface area (Å²) in [5.41, 5.74) is 2.80. The molecule has 0 bridgehead atoms. The number of carbonyl (C=O) groups excluding carboxylic acids is 1. The number of aldehydes is 1. The summed E-state index contributed by atoms with van der Waals surface area (Å²) in [6.07, 6.45) is 4.68. The molecular weight excluding hydrogens is 184 g/mol. The van der Waals surface area contributed by atoms with Crippen LogP contribution in [0.4, 0.5) is 0 Å². The lowest BCUT2D eigenvalue weighted by Gasteiger charge is -1.99. The summed E-state index contributed by atoms with van der Waals surface area (Å²) in [6, 6.07) is 5.68. The van der Waals surface area contributed by atoms with Crippen molar-refractivity contribution in [3.05, 3.63) is 41.0 Å². The fourth-order valence-electron chi connectivity index (χ4n) is 1.12. The lowest BCUT2D eigenvalue weighted by molar-refractivity contribution is 0.112. The molecule has 1 aromatic rings. The first-order valence-electron chi connectivity index (χ1n) is 4.06. The van der Waals surface area contributed by atoms with Gasteiger partial charge in [0.25, 0.3) is 0 Å². The zero-order chi connectivity index (χ0) is 9.68. The van der Waals surface area contributed by atoms with Crippen LogP contribution in [0.15, 0.2) is 24.3 Å². The molecular formula is C11H11ClO. The van der Waals surface area contributed by atoms with Gasteiger partial charge in [-0.15, -0.1) is 11.6 Å². The van der Waals surface area contributed by atoms with Gasteiger partial charge in [0.15, 0.2) is 0 Å². The summed E-state index contributed by atoms with van der Waals surface area (Å²) < 4.78 is 0. The smallest absolute Gasteiger partial charge is 0.150 e. The van der Waals surface area contributed by atoms with Gasteiger partial charge in [-0.2, -0.15) is 0 Å². The number of allylic oxidation sites excluding steroid dienone is 1. The molecule has 0 unspecified atom stereocenters. The van der Waals surface area contributed by atoms with E-state index in [1.54, 1.807) is 0 Å². The van der Waals surface area contributed by atoms with E-state index in [2.05, 4.69) is 0 Å². The number of hydrogen-bond acceptors (Lipinski definition) is 1. The first-order valence-corrected chi connectivity index (χ1v) is 4.59. The normalized spacial score (nSPS) is 10.6. The zero-order valence-electron chi connectivity index (χ0n) is 7.46. The van der Waals surface area contributed by atoms with Crippen LogP contribution in [-0.2, 0) is 0 Å². The highest BCUT2D eigenvalue weighted by Crippen LogP contribution is 2.10. The Morgan fingerprint density at radius 1 is 1.46 bits per heavy atom. The third-order valence-corrected chi connectivity index (χ3v) is 2.00. The minimum atomic E-state index is 0.508. The minimum Gasteiger partial charge on any atom is -0.298 e. The molecule has 1 nitrogen and oxygen atoms in total. The standard InChI is InChI=1S/C11H11ClO/c1-9-7-10(3-2-6-12)4-5-11(9)8-13/h2-5,7-8H,6H2,1H3. The molecule has 1 rings (SSSR count). The van der Waals surface area contributed by atoms with E-state index in [0.717, 1.165) is 23.0 Å². The van der Waals surface area contributed by atoms with Crippen LogP contribution in [0.3, 0.4) is 0 Å². The molecule has 0 saturated carbocycles. The average molecular weight is 195 g/mol. The molecule has 0 heterocycles. The third-order valence-electron chi connectivity index (χ3n) is 1.82. The van der Waals surface area contributed by atoms with Gasteiger partial charge in [0.2, 0.25) is 0 Å². The van der Waals surface area contributed by atoms with Crippen LogP contribution < -0.4 is 0 Å². The molecule has 0 aliphatic heterocycles. The van der Waals surface area contributed by atoms with Crippen LogP contribution in [0.5, 0.6) is 0 Å². The molecule has 0 saturated heterocycles. The van der Waals surface area contributed by atoms with E-state index >= 15 is 0 Å². The van der Waals surface area contributed by atoms with Crippen LogP contribution in [0.25, 0.3) is 6.08 Å². The SMILES string of the molecule is Cc1cc(C=CCCl)ccc1C=O. The van der Waals surface area contributed by atoms with Crippen molar-refractivity contribution >= 4 is 24.0 Å². The molecule has 0 fully saturated rings. The molecule has 0 aliphatic carbocycles. The van der Waals surface area contributed by atoms with Gasteiger partial charge < -0.3 is 0 Å². The second-order valence-electron chi connectivity index (χ2n) is 2.79. The zero-order valence-corrected chi connectivity index (χ0v) is 8.21. The van der Waals surface area contributed by atoms with Crippen molar-refractivity contribution in [2.75, 3.05) is 5.88 Å². The first-order chi connectivity index (χ1) is 6.27. The maximum atomic E-state index is 10.5. The predicted octanol–water partition coefficient (Wildman–Crippen LogP) is 3.06. The van der Waals surface area contributed by atoms with Gasteiger partial charge >= 0.3 is 0 Å². The van der Waals surface area contributed by atoms with Gasteiger partial charge in [-0.25, -0.2) is 0 Å². The van der Waals surface area contributed by atoms with Crippen LogP contribution in [0, 0.1) is 6.92 Å². The van der Waals surface area contributed by atoms with Crippen molar-refractivity contribution in [1.29, 1.82) is 0 Å². The Morgan fingerprint density at radius 3 is 2.77 bits per heavy atom. The average Bonchev–Trinajstić information content (AvgIpc) is 2.15. The molecule has 0 N–H and O–H groups in total. The molecule has 1 aromatic carbocycles. The highest BCUT2D eigenvalue weighted by molar-refractivity contribution is 6.19. The quantitative estimate of drug-likeness (QED) is 0.534. The maximum absolute atomic E-state index is 10.5. The van der Waals surface area contributed by atoms with Gasteiger partial charge in [0, 0.05) is 11.4 Å². The summed E-state index contributed by atoms with van der Waals surface area (Å²) in [5, 5.41) is 0. The summed E-state index contributed by atoms with van der Waals surface area (Å²) in [5.74, 6) is 0.508. The molecule has 13 heavy (non-hydrogen) atoms. The second-order valence-corrected chi connectivity index (χ2v) is 3.10. The number of benzene rings is 1. The molecule has 0 spiro atoms. The van der Waals surface area contributed by atoms with Crippen molar-refractivity contribution in [1.82, 2.24) is 0 Å². The van der Waals surface area contributed by atoms with E-state index in [1.807, 2.05) is 37.3 Å². The topological polar surface area (TPSA) is 17.1 Å². The second kappa shape index (κ2) is 4.83. The van der Waals surface area contributed by atoms with Crippen LogP contribution >= 0.6 is 11.6 Å². The van der Waals surface area contributed by atoms with Crippen molar-refractivity contribution < 1.29 is 4.79 Å². The number of hydrogen-bond donors (Lipinski definition) is 0. The van der Waals surface area contributed by atoms with E-state index < -0.39 is 0 Å². The maximum Gasteiger partial charge on any atom is 0.150 e. The van der Waals surface area contributed by atoms with Crippen LogP contribution in [-0.4, -0.2) is 12.2 Å². The highest BCUT2D eigenvalue weighted by atomic mass is 35.5. The van der Waals surface area contributed by atoms with Gasteiger partial charge in [0.1, 0.15) is 6.29 Å². The van der Waals surface area contributed by atoms with E-state index in [-0.39, 0.29) is 0 Å². The number of alkyl halides is 1. The number of carbonyl (C=O) groups is 1. The van der Waals surface area contributed by atoms with Gasteiger partial charge in [-0.05, 0) is 18.1 Å². The largest absolute Gasteiger partial charge is 0.298 e. The van der Waals surface area contributed by atoms with Gasteiger partial charge in [-0.1, -0.05) is 30.4 Å². The van der Waals surface area contributed by atoms with Crippen molar-refractivity contribution in [2.24, 2.45) is 0 Å². The summed E-state index contributed by atoms with van der Waals surface area (Å²) in [4.78, 5) is 10.5. The summed E-state index contributed by atoms with van der Waals surface area (Å²) in [6.45, 7) is 1.92. The number of halogens is 1. The van der Waals surface area contributed by atoms with Crippen molar-refractivity contribution in [3.8, 4) is 0 Å². The van der Waals surface area contributed by atoms with E-state index in [0.29, 0.717) is 5.88 Å². The molecule has 0 atom stereocenters. The van der Waals surface area contributed by atoms with Crippen molar-refractivity contribution in [3.63, 3.8) is 0 Å². The Balaban J connectivity index is 2.95.